The molecule has 8 nitrogen and oxygen atoms in total. The number of carboxylic acids is 1. The summed E-state index contributed by atoms with van der Waals surface area (Å²) in [6.07, 6.45) is 2.69. The zero-order valence-corrected chi connectivity index (χ0v) is 14.7. The van der Waals surface area contributed by atoms with Crippen LogP contribution in [0.1, 0.15) is 35.0 Å². The molecule has 3 heterocycles. The summed E-state index contributed by atoms with van der Waals surface area (Å²) in [5, 5.41) is 9.89. The Labute approximate surface area is 151 Å². The quantitative estimate of drug-likeness (QED) is 0.785. The van der Waals surface area contributed by atoms with E-state index in [4.69, 9.17) is 5.73 Å². The van der Waals surface area contributed by atoms with Crippen molar-refractivity contribution in [3.63, 3.8) is 0 Å². The van der Waals surface area contributed by atoms with Crippen LogP contribution in [0.25, 0.3) is 0 Å². The molecule has 1 aliphatic carbocycles. The maximum Gasteiger partial charge on any atom is 0.314 e. The third-order valence-corrected chi connectivity index (χ3v) is 6.03. The van der Waals surface area contributed by atoms with Crippen molar-refractivity contribution in [3.8, 4) is 0 Å². The SMILES string of the molecule is CCN1C[C@@]2(C(=O)O)CN(c3nc4c(cc3C(N)=O)CCC4)C[C@H]2C1=O. The van der Waals surface area contributed by atoms with Crippen molar-refractivity contribution < 1.29 is 19.5 Å². The van der Waals surface area contributed by atoms with Crippen molar-refractivity contribution in [2.24, 2.45) is 17.1 Å². The molecule has 2 saturated heterocycles. The van der Waals surface area contributed by atoms with E-state index in [9.17, 15) is 19.5 Å². The molecule has 0 radical (unpaired) electrons. The van der Waals surface area contributed by atoms with E-state index < -0.39 is 23.2 Å². The van der Waals surface area contributed by atoms with E-state index in [-0.39, 0.29) is 25.5 Å². The average Bonchev–Trinajstić information content (AvgIpc) is 3.27. The second kappa shape index (κ2) is 5.69. The number of fused-ring (bicyclic) bond motifs is 2. The maximum atomic E-state index is 12.6. The van der Waals surface area contributed by atoms with Crippen LogP contribution in [0.2, 0.25) is 0 Å². The first-order valence-corrected chi connectivity index (χ1v) is 8.97. The van der Waals surface area contributed by atoms with E-state index in [0.29, 0.717) is 17.9 Å². The maximum absolute atomic E-state index is 12.6. The molecule has 3 N–H and O–H groups in total. The minimum absolute atomic E-state index is 0.140. The van der Waals surface area contributed by atoms with Gasteiger partial charge in [-0.1, -0.05) is 0 Å². The molecule has 8 heteroatoms. The summed E-state index contributed by atoms with van der Waals surface area (Å²) in [5.41, 5.74) is 6.67. The van der Waals surface area contributed by atoms with Gasteiger partial charge in [-0.15, -0.1) is 0 Å². The Balaban J connectivity index is 1.75. The topological polar surface area (TPSA) is 117 Å². The van der Waals surface area contributed by atoms with Gasteiger partial charge in [0.1, 0.15) is 11.2 Å². The van der Waals surface area contributed by atoms with Gasteiger partial charge in [0.2, 0.25) is 5.91 Å². The summed E-state index contributed by atoms with van der Waals surface area (Å²) in [4.78, 5) is 44.7. The van der Waals surface area contributed by atoms with Crippen molar-refractivity contribution in [1.82, 2.24) is 9.88 Å². The van der Waals surface area contributed by atoms with Gasteiger partial charge >= 0.3 is 5.97 Å². The van der Waals surface area contributed by atoms with Gasteiger partial charge in [-0.05, 0) is 37.8 Å². The lowest BCUT2D eigenvalue weighted by Gasteiger charge is -2.26. The van der Waals surface area contributed by atoms with Crippen LogP contribution in [0.15, 0.2) is 6.07 Å². The summed E-state index contributed by atoms with van der Waals surface area (Å²) in [7, 11) is 0. The number of aromatic nitrogens is 1. The Morgan fingerprint density at radius 1 is 1.38 bits per heavy atom. The van der Waals surface area contributed by atoms with Gasteiger partial charge in [0, 0.05) is 31.9 Å². The first kappa shape index (κ1) is 16.8. The molecule has 2 aliphatic heterocycles. The number of likely N-dealkylation sites (tertiary alicyclic amines) is 1. The predicted molar refractivity (Wildman–Crippen MR) is 92.8 cm³/mol. The number of pyridine rings is 1. The highest BCUT2D eigenvalue weighted by molar-refractivity contribution is 5.99. The smallest absolute Gasteiger partial charge is 0.314 e. The van der Waals surface area contributed by atoms with Crippen LogP contribution < -0.4 is 10.6 Å². The number of carbonyl (C=O) groups excluding carboxylic acids is 2. The lowest BCUT2D eigenvalue weighted by molar-refractivity contribution is -0.149. The third-order valence-electron chi connectivity index (χ3n) is 6.03. The second-order valence-corrected chi connectivity index (χ2v) is 7.43. The molecular weight excluding hydrogens is 336 g/mol. The highest BCUT2D eigenvalue weighted by atomic mass is 16.4. The number of hydrogen-bond acceptors (Lipinski definition) is 5. The van der Waals surface area contributed by atoms with Gasteiger partial charge in [0.25, 0.3) is 5.91 Å². The Morgan fingerprint density at radius 3 is 2.77 bits per heavy atom. The molecule has 26 heavy (non-hydrogen) atoms. The summed E-state index contributed by atoms with van der Waals surface area (Å²) in [6, 6.07) is 1.79. The average molecular weight is 358 g/mol. The second-order valence-electron chi connectivity index (χ2n) is 7.43. The molecule has 2 fully saturated rings. The zero-order valence-electron chi connectivity index (χ0n) is 14.7. The van der Waals surface area contributed by atoms with Crippen molar-refractivity contribution in [3.05, 3.63) is 22.9 Å². The fraction of sp³-hybridized carbons (Fsp3) is 0.556. The minimum Gasteiger partial charge on any atom is -0.481 e. The number of rotatable bonds is 4. The van der Waals surface area contributed by atoms with Crippen molar-refractivity contribution in [2.75, 3.05) is 31.1 Å². The number of nitrogens with zero attached hydrogens (tertiary/aromatic N) is 3. The monoisotopic (exact) mass is 358 g/mol. The molecule has 3 aliphatic rings. The Bertz CT molecular complexity index is 824. The van der Waals surface area contributed by atoms with Crippen molar-refractivity contribution >= 4 is 23.6 Å². The van der Waals surface area contributed by atoms with E-state index in [1.54, 1.807) is 15.9 Å². The van der Waals surface area contributed by atoms with Gasteiger partial charge < -0.3 is 20.6 Å². The molecule has 0 unspecified atom stereocenters. The molecule has 4 rings (SSSR count). The van der Waals surface area contributed by atoms with Crippen LogP contribution in [0, 0.1) is 11.3 Å². The largest absolute Gasteiger partial charge is 0.481 e. The van der Waals surface area contributed by atoms with Crippen LogP contribution in [-0.2, 0) is 22.4 Å². The van der Waals surface area contributed by atoms with Gasteiger partial charge in [0.15, 0.2) is 0 Å². The molecule has 0 bridgehead atoms. The van der Waals surface area contributed by atoms with E-state index in [0.717, 1.165) is 30.5 Å². The van der Waals surface area contributed by atoms with E-state index in [1.807, 2.05) is 6.92 Å². The van der Waals surface area contributed by atoms with Gasteiger partial charge in [0.05, 0.1) is 11.5 Å². The Hall–Kier alpha value is -2.64. The molecular formula is C18H22N4O4. The van der Waals surface area contributed by atoms with Crippen LogP contribution in [0.4, 0.5) is 5.82 Å². The van der Waals surface area contributed by atoms with E-state index in [2.05, 4.69) is 4.98 Å². The molecule has 0 spiro atoms. The first-order chi connectivity index (χ1) is 12.4. The van der Waals surface area contributed by atoms with Crippen LogP contribution in [0.5, 0.6) is 0 Å². The van der Waals surface area contributed by atoms with Gasteiger partial charge in [-0.2, -0.15) is 0 Å². The summed E-state index contributed by atoms with van der Waals surface area (Å²) in [6.45, 7) is 2.93. The van der Waals surface area contributed by atoms with Gasteiger partial charge in [-0.25, -0.2) is 4.98 Å². The first-order valence-electron chi connectivity index (χ1n) is 8.97. The lowest BCUT2D eigenvalue weighted by atomic mass is 9.81. The number of primary amides is 1. The molecule has 138 valence electrons. The lowest BCUT2D eigenvalue weighted by Crippen LogP contribution is -2.41. The number of amides is 2. The molecule has 1 aromatic heterocycles. The Morgan fingerprint density at radius 2 is 2.15 bits per heavy atom. The van der Waals surface area contributed by atoms with E-state index in [1.165, 1.54) is 0 Å². The van der Waals surface area contributed by atoms with Crippen LogP contribution in [0.3, 0.4) is 0 Å². The number of hydrogen-bond donors (Lipinski definition) is 2. The summed E-state index contributed by atoms with van der Waals surface area (Å²) >= 11 is 0. The number of nitrogens with two attached hydrogens (primary N) is 1. The van der Waals surface area contributed by atoms with E-state index >= 15 is 0 Å². The Kier molecular flexibility index (Phi) is 3.68. The zero-order chi connectivity index (χ0) is 18.6. The van der Waals surface area contributed by atoms with Gasteiger partial charge in [-0.3, -0.25) is 14.4 Å². The number of aryl methyl sites for hydroxylation is 2. The molecule has 0 saturated carbocycles. The summed E-state index contributed by atoms with van der Waals surface area (Å²) in [5.74, 6) is -1.90. The third kappa shape index (κ3) is 2.21. The highest BCUT2D eigenvalue weighted by Gasteiger charge is 2.62. The minimum atomic E-state index is -1.16. The van der Waals surface area contributed by atoms with Crippen LogP contribution >= 0.6 is 0 Å². The molecule has 1 aromatic rings. The van der Waals surface area contributed by atoms with Crippen LogP contribution in [-0.4, -0.2) is 59.0 Å². The summed E-state index contributed by atoms with van der Waals surface area (Å²) < 4.78 is 0. The normalized spacial score (nSPS) is 27.0. The molecule has 0 aromatic carbocycles. The van der Waals surface area contributed by atoms with Crippen molar-refractivity contribution in [2.45, 2.75) is 26.2 Å². The predicted octanol–water partition coefficient (Wildman–Crippen LogP) is 0.0385. The number of aliphatic carboxylic acids is 1. The standard InChI is InChI=1S/C18H22N4O4/c1-2-21-8-18(17(25)26)9-22(7-12(18)16(21)24)15-11(14(19)23)6-10-4-3-5-13(10)20-15/h6,12H,2-5,7-9H2,1H3,(H2,19,23)(H,25,26)/t12-,18+/m0/s1. The number of carboxylic acid groups (broad SMARTS) is 1. The highest BCUT2D eigenvalue weighted by Crippen LogP contribution is 2.45. The molecule has 2 atom stereocenters. The number of anilines is 1. The number of carbonyl (C=O) groups is 3. The molecule has 2 amide bonds. The van der Waals surface area contributed by atoms with Crippen molar-refractivity contribution in [1.29, 1.82) is 0 Å². The fourth-order valence-corrected chi connectivity index (χ4v) is 4.62. The fourth-order valence-electron chi connectivity index (χ4n) is 4.62.